The molecule has 0 aliphatic heterocycles. The van der Waals surface area contributed by atoms with E-state index in [0.717, 1.165) is 0 Å². The fraction of sp³-hybridized carbons (Fsp3) is 0.500. The van der Waals surface area contributed by atoms with E-state index in [0.29, 0.717) is 5.56 Å². The number of nitrogens with zero attached hydrogens (tertiary/aromatic N) is 1. The Morgan fingerprint density at radius 2 is 1.79 bits per heavy atom. The Labute approximate surface area is 112 Å². The lowest BCUT2D eigenvalue weighted by Crippen LogP contribution is -2.29. The van der Waals surface area contributed by atoms with Crippen LogP contribution in [0.3, 0.4) is 0 Å². The quantitative estimate of drug-likeness (QED) is 0.872. The zero-order valence-corrected chi connectivity index (χ0v) is 11.5. The van der Waals surface area contributed by atoms with Gasteiger partial charge in [0.15, 0.2) is 0 Å². The van der Waals surface area contributed by atoms with Gasteiger partial charge in [0.25, 0.3) is 5.91 Å². The first-order valence-corrected chi connectivity index (χ1v) is 6.18. The zero-order chi connectivity index (χ0) is 14.4. The number of hydrogen-bond acceptors (Lipinski definition) is 3. The summed E-state index contributed by atoms with van der Waals surface area (Å²) in [6.07, 6.45) is 1.29. The topological polar surface area (TPSA) is 79.3 Å². The fourth-order valence-corrected chi connectivity index (χ4v) is 2.43. The van der Waals surface area contributed by atoms with Crippen LogP contribution in [0.4, 0.5) is 0 Å². The van der Waals surface area contributed by atoms with Crippen LogP contribution in [0.25, 0.3) is 0 Å². The second-order valence-electron chi connectivity index (χ2n) is 6.09. The lowest BCUT2D eigenvalue weighted by atomic mass is 10.0. The summed E-state index contributed by atoms with van der Waals surface area (Å²) in [6.45, 7) is 8.46. The molecule has 0 unspecified atom stereocenters. The van der Waals surface area contributed by atoms with E-state index in [4.69, 9.17) is 5.11 Å². The molecule has 1 saturated carbocycles. The highest BCUT2D eigenvalue weighted by Crippen LogP contribution is 2.62. The van der Waals surface area contributed by atoms with Crippen molar-refractivity contribution in [2.24, 2.45) is 10.8 Å². The number of carbonyl (C=O) groups is 2. The van der Waals surface area contributed by atoms with Gasteiger partial charge in [-0.1, -0.05) is 27.7 Å². The molecular formula is C14H18N2O3. The molecule has 1 aliphatic rings. The molecule has 0 aromatic carbocycles. The first kappa shape index (κ1) is 13.5. The molecule has 5 heteroatoms. The van der Waals surface area contributed by atoms with E-state index in [2.05, 4.69) is 38.0 Å². The van der Waals surface area contributed by atoms with Crippen LogP contribution < -0.4 is 5.32 Å². The molecule has 19 heavy (non-hydrogen) atoms. The van der Waals surface area contributed by atoms with Crippen molar-refractivity contribution in [3.8, 4) is 0 Å². The van der Waals surface area contributed by atoms with Gasteiger partial charge in [0.1, 0.15) is 5.69 Å². The number of carboxylic acids is 1. The highest BCUT2D eigenvalue weighted by Gasteiger charge is 2.65. The fourth-order valence-electron chi connectivity index (χ4n) is 2.43. The summed E-state index contributed by atoms with van der Waals surface area (Å²) in [5, 5.41) is 11.7. The van der Waals surface area contributed by atoms with Crippen LogP contribution in [0.1, 0.15) is 48.5 Å². The van der Waals surface area contributed by atoms with Gasteiger partial charge >= 0.3 is 5.97 Å². The summed E-state index contributed by atoms with van der Waals surface area (Å²) in [5.74, 6) is -1.32. The second kappa shape index (κ2) is 4.05. The number of aromatic carboxylic acids is 1. The Kier molecular flexibility index (Phi) is 2.88. The maximum Gasteiger partial charge on any atom is 0.354 e. The van der Waals surface area contributed by atoms with Gasteiger partial charge < -0.3 is 10.4 Å². The molecular weight excluding hydrogens is 244 g/mol. The van der Waals surface area contributed by atoms with Crippen LogP contribution in [0, 0.1) is 10.8 Å². The maximum atomic E-state index is 12.1. The first-order valence-electron chi connectivity index (χ1n) is 6.18. The van der Waals surface area contributed by atoms with Crippen LogP contribution in [0.15, 0.2) is 18.3 Å². The zero-order valence-electron chi connectivity index (χ0n) is 11.5. The van der Waals surface area contributed by atoms with E-state index in [1.165, 1.54) is 18.3 Å². The third-order valence-electron chi connectivity index (χ3n) is 4.54. The van der Waals surface area contributed by atoms with Gasteiger partial charge in [-0.05, 0) is 23.0 Å². The molecule has 1 aliphatic carbocycles. The smallest absolute Gasteiger partial charge is 0.354 e. The van der Waals surface area contributed by atoms with Gasteiger partial charge in [0, 0.05) is 12.2 Å². The average Bonchev–Trinajstić information content (AvgIpc) is 2.71. The normalized spacial score (nSPS) is 19.8. The van der Waals surface area contributed by atoms with Gasteiger partial charge in [0.05, 0.1) is 5.56 Å². The molecule has 0 radical (unpaired) electrons. The van der Waals surface area contributed by atoms with Crippen molar-refractivity contribution in [2.45, 2.75) is 33.7 Å². The highest BCUT2D eigenvalue weighted by atomic mass is 16.4. The van der Waals surface area contributed by atoms with Crippen molar-refractivity contribution >= 4 is 11.9 Å². The minimum absolute atomic E-state index is 0.0661. The number of rotatable bonds is 3. The number of carbonyl (C=O) groups excluding carboxylic acids is 1. The minimum atomic E-state index is -1.10. The molecule has 0 bridgehead atoms. The summed E-state index contributed by atoms with van der Waals surface area (Å²) in [5.41, 5.74) is 0.445. The van der Waals surface area contributed by atoms with Gasteiger partial charge in [-0.15, -0.1) is 0 Å². The maximum absolute atomic E-state index is 12.1. The molecule has 1 heterocycles. The van der Waals surface area contributed by atoms with Gasteiger partial charge in [0.2, 0.25) is 0 Å². The second-order valence-corrected chi connectivity index (χ2v) is 6.09. The molecule has 1 aromatic heterocycles. The number of hydrogen-bond donors (Lipinski definition) is 2. The van der Waals surface area contributed by atoms with Crippen LogP contribution in [-0.4, -0.2) is 28.0 Å². The Bertz CT molecular complexity index is 518. The number of pyridine rings is 1. The monoisotopic (exact) mass is 262 g/mol. The van der Waals surface area contributed by atoms with E-state index >= 15 is 0 Å². The van der Waals surface area contributed by atoms with Crippen molar-refractivity contribution in [3.63, 3.8) is 0 Å². The van der Waals surface area contributed by atoms with Crippen LogP contribution in [0.2, 0.25) is 0 Å². The van der Waals surface area contributed by atoms with Crippen LogP contribution in [-0.2, 0) is 0 Å². The van der Waals surface area contributed by atoms with Crippen LogP contribution in [0.5, 0.6) is 0 Å². The summed E-state index contributed by atoms with van der Waals surface area (Å²) in [6, 6.07) is 2.93. The van der Waals surface area contributed by atoms with E-state index in [1.54, 1.807) is 0 Å². The number of aromatic nitrogens is 1. The van der Waals surface area contributed by atoms with Crippen molar-refractivity contribution in [1.29, 1.82) is 0 Å². The molecule has 5 nitrogen and oxygen atoms in total. The molecule has 0 spiro atoms. The Hall–Kier alpha value is -1.91. The predicted octanol–water partition coefficient (Wildman–Crippen LogP) is 1.94. The number of amides is 1. The average molecular weight is 262 g/mol. The Balaban J connectivity index is 2.08. The molecule has 1 fully saturated rings. The van der Waals surface area contributed by atoms with E-state index in [1.807, 2.05) is 0 Å². The van der Waals surface area contributed by atoms with E-state index in [-0.39, 0.29) is 28.5 Å². The molecule has 1 aromatic rings. The summed E-state index contributed by atoms with van der Waals surface area (Å²) in [7, 11) is 0. The molecule has 2 rings (SSSR count). The third kappa shape index (κ3) is 2.09. The lowest BCUT2D eigenvalue weighted by Gasteiger charge is -2.06. The molecule has 2 N–H and O–H groups in total. The lowest BCUT2D eigenvalue weighted by molar-refractivity contribution is 0.0689. The first-order chi connectivity index (χ1) is 8.68. The van der Waals surface area contributed by atoms with Crippen molar-refractivity contribution in [1.82, 2.24) is 10.3 Å². The van der Waals surface area contributed by atoms with E-state index in [9.17, 15) is 9.59 Å². The molecule has 0 atom stereocenters. The minimum Gasteiger partial charge on any atom is -0.477 e. The summed E-state index contributed by atoms with van der Waals surface area (Å²) in [4.78, 5) is 26.5. The Morgan fingerprint density at radius 3 is 2.16 bits per heavy atom. The van der Waals surface area contributed by atoms with E-state index < -0.39 is 5.97 Å². The largest absolute Gasteiger partial charge is 0.477 e. The third-order valence-corrected chi connectivity index (χ3v) is 4.54. The Morgan fingerprint density at radius 1 is 1.21 bits per heavy atom. The van der Waals surface area contributed by atoms with Gasteiger partial charge in [-0.2, -0.15) is 0 Å². The molecule has 0 saturated heterocycles. The number of nitrogens with one attached hydrogen (secondary N) is 1. The summed E-state index contributed by atoms with van der Waals surface area (Å²) < 4.78 is 0. The molecule has 1 amide bonds. The van der Waals surface area contributed by atoms with Crippen molar-refractivity contribution in [2.75, 3.05) is 0 Å². The molecule has 102 valence electrons. The van der Waals surface area contributed by atoms with Gasteiger partial charge in [-0.3, -0.25) is 4.79 Å². The highest BCUT2D eigenvalue weighted by molar-refractivity contribution is 5.95. The number of carboxylic acid groups (broad SMARTS) is 1. The SMILES string of the molecule is CC1(C)C(NC(=O)c2ccc(C(=O)O)nc2)C1(C)C. The standard InChI is InChI=1S/C14H18N2O3/c1-13(2)12(14(13,3)4)16-10(17)8-5-6-9(11(18)19)15-7-8/h5-7,12H,1-4H3,(H,16,17)(H,18,19). The van der Waals surface area contributed by atoms with Crippen molar-refractivity contribution in [3.05, 3.63) is 29.6 Å². The van der Waals surface area contributed by atoms with Crippen molar-refractivity contribution < 1.29 is 14.7 Å². The van der Waals surface area contributed by atoms with Crippen LogP contribution >= 0.6 is 0 Å². The predicted molar refractivity (Wildman–Crippen MR) is 70.0 cm³/mol. The van der Waals surface area contributed by atoms with Gasteiger partial charge in [-0.25, -0.2) is 9.78 Å². The summed E-state index contributed by atoms with van der Waals surface area (Å²) >= 11 is 0.